The highest BCUT2D eigenvalue weighted by molar-refractivity contribution is 5.27. The minimum absolute atomic E-state index is 0.580. The van der Waals surface area contributed by atoms with Crippen molar-refractivity contribution in [1.29, 1.82) is 0 Å². The molecule has 0 heterocycles. The second-order valence-corrected chi connectivity index (χ2v) is 5.11. The highest BCUT2D eigenvalue weighted by atomic mass is 16.5. The molecule has 0 aliphatic rings. The van der Waals surface area contributed by atoms with Crippen molar-refractivity contribution >= 4 is 0 Å². The first-order chi connectivity index (χ1) is 9.36. The van der Waals surface area contributed by atoms with Crippen LogP contribution in [0, 0.1) is 0 Å². The maximum atomic E-state index is 5.47. The van der Waals surface area contributed by atoms with Crippen molar-refractivity contribution in [1.82, 2.24) is 0 Å². The fourth-order valence-corrected chi connectivity index (χ4v) is 2.19. The molecule has 0 saturated carbocycles. The fourth-order valence-electron chi connectivity index (χ4n) is 2.19. The van der Waals surface area contributed by atoms with E-state index in [-0.39, 0.29) is 0 Å². The van der Waals surface area contributed by atoms with Crippen LogP contribution in [0.25, 0.3) is 0 Å². The summed E-state index contributed by atoms with van der Waals surface area (Å²) in [6.45, 7) is 6.49. The second kappa shape index (κ2) is 10.7. The first-order valence-corrected chi connectivity index (χ1v) is 7.69. The molecule has 0 N–H and O–H groups in total. The third-order valence-electron chi connectivity index (χ3n) is 3.36. The van der Waals surface area contributed by atoms with Crippen molar-refractivity contribution in [2.24, 2.45) is 0 Å². The topological polar surface area (TPSA) is 9.23 Å². The van der Waals surface area contributed by atoms with Crippen LogP contribution in [-0.2, 0) is 6.42 Å². The molecule has 0 aliphatic heterocycles. The Kier molecular flexibility index (Phi) is 8.87. The Morgan fingerprint density at radius 3 is 2.21 bits per heavy atom. The standard InChI is InChI=1S/C18H28O/c1-3-5-6-7-8-9-10-11-17-12-14-18(15-13-17)19-16-4-2/h4,12-15H,2-3,5-11,16H2,1H3. The van der Waals surface area contributed by atoms with Gasteiger partial charge in [-0.2, -0.15) is 0 Å². The second-order valence-electron chi connectivity index (χ2n) is 5.11. The number of aryl methyl sites for hydroxylation is 1. The predicted molar refractivity (Wildman–Crippen MR) is 83.8 cm³/mol. The fraction of sp³-hybridized carbons (Fsp3) is 0.556. The molecule has 0 fully saturated rings. The Hall–Kier alpha value is -1.24. The minimum atomic E-state index is 0.580. The summed E-state index contributed by atoms with van der Waals surface area (Å²) >= 11 is 0. The Labute approximate surface area is 118 Å². The first-order valence-electron chi connectivity index (χ1n) is 7.69. The molecule has 0 spiro atoms. The van der Waals surface area contributed by atoms with E-state index in [4.69, 9.17) is 4.74 Å². The summed E-state index contributed by atoms with van der Waals surface area (Å²) in [5, 5.41) is 0. The molecule has 106 valence electrons. The van der Waals surface area contributed by atoms with Gasteiger partial charge in [0.05, 0.1) is 0 Å². The van der Waals surface area contributed by atoms with Gasteiger partial charge in [0, 0.05) is 0 Å². The van der Waals surface area contributed by atoms with Crippen LogP contribution in [0.2, 0.25) is 0 Å². The molecule has 19 heavy (non-hydrogen) atoms. The van der Waals surface area contributed by atoms with Crippen molar-refractivity contribution in [2.75, 3.05) is 6.61 Å². The van der Waals surface area contributed by atoms with Crippen LogP contribution in [-0.4, -0.2) is 6.61 Å². The van der Waals surface area contributed by atoms with Gasteiger partial charge in [0.25, 0.3) is 0 Å². The summed E-state index contributed by atoms with van der Waals surface area (Å²) in [5.74, 6) is 0.934. The summed E-state index contributed by atoms with van der Waals surface area (Å²) in [5.41, 5.74) is 1.42. The van der Waals surface area contributed by atoms with Crippen LogP contribution in [0.1, 0.15) is 57.4 Å². The predicted octanol–water partition coefficient (Wildman–Crippen LogP) is 5.54. The average molecular weight is 260 g/mol. The molecular formula is C18H28O. The minimum Gasteiger partial charge on any atom is -0.490 e. The number of unbranched alkanes of at least 4 members (excludes halogenated alkanes) is 6. The van der Waals surface area contributed by atoms with E-state index in [0.29, 0.717) is 6.61 Å². The molecular weight excluding hydrogens is 232 g/mol. The zero-order valence-corrected chi connectivity index (χ0v) is 12.4. The molecule has 0 atom stereocenters. The van der Waals surface area contributed by atoms with Crippen LogP contribution in [0.5, 0.6) is 5.75 Å². The van der Waals surface area contributed by atoms with Crippen LogP contribution >= 0.6 is 0 Å². The van der Waals surface area contributed by atoms with E-state index in [1.165, 1.54) is 56.9 Å². The van der Waals surface area contributed by atoms with Gasteiger partial charge in [0.15, 0.2) is 0 Å². The molecule has 1 nitrogen and oxygen atoms in total. The van der Waals surface area contributed by atoms with Gasteiger partial charge in [-0.3, -0.25) is 0 Å². The zero-order chi connectivity index (χ0) is 13.8. The number of hydrogen-bond donors (Lipinski definition) is 0. The van der Waals surface area contributed by atoms with Gasteiger partial charge in [-0.1, -0.05) is 70.2 Å². The summed E-state index contributed by atoms with van der Waals surface area (Å²) in [4.78, 5) is 0. The maximum Gasteiger partial charge on any atom is 0.119 e. The lowest BCUT2D eigenvalue weighted by Gasteiger charge is -2.05. The number of rotatable bonds is 11. The first kappa shape index (κ1) is 15.8. The lowest BCUT2D eigenvalue weighted by atomic mass is 10.0. The SMILES string of the molecule is C=CCOc1ccc(CCCCCCCCC)cc1. The Morgan fingerprint density at radius 2 is 1.58 bits per heavy atom. The largest absolute Gasteiger partial charge is 0.490 e. The zero-order valence-electron chi connectivity index (χ0n) is 12.4. The number of benzene rings is 1. The number of ether oxygens (including phenoxy) is 1. The normalized spacial score (nSPS) is 10.4. The maximum absolute atomic E-state index is 5.47. The van der Waals surface area contributed by atoms with Crippen LogP contribution < -0.4 is 4.74 Å². The van der Waals surface area contributed by atoms with E-state index in [9.17, 15) is 0 Å². The monoisotopic (exact) mass is 260 g/mol. The lowest BCUT2D eigenvalue weighted by molar-refractivity contribution is 0.363. The molecule has 0 bridgehead atoms. The molecule has 1 heteroatoms. The Bertz CT molecular complexity index is 326. The smallest absolute Gasteiger partial charge is 0.119 e. The molecule has 0 amide bonds. The van der Waals surface area contributed by atoms with Gasteiger partial charge in [-0.05, 0) is 30.5 Å². The molecule has 1 aromatic carbocycles. The van der Waals surface area contributed by atoms with Crippen molar-refractivity contribution in [3.05, 3.63) is 42.5 Å². The van der Waals surface area contributed by atoms with E-state index in [1.54, 1.807) is 6.08 Å². The van der Waals surface area contributed by atoms with E-state index in [0.717, 1.165) is 5.75 Å². The lowest BCUT2D eigenvalue weighted by Crippen LogP contribution is -1.93. The van der Waals surface area contributed by atoms with E-state index < -0.39 is 0 Å². The quantitative estimate of drug-likeness (QED) is 0.374. The van der Waals surface area contributed by atoms with Crippen LogP contribution in [0.3, 0.4) is 0 Å². The summed E-state index contributed by atoms with van der Waals surface area (Å²) in [6, 6.07) is 8.46. The highest BCUT2D eigenvalue weighted by Crippen LogP contribution is 2.15. The summed E-state index contributed by atoms with van der Waals surface area (Å²) in [6.07, 6.45) is 12.6. The van der Waals surface area contributed by atoms with E-state index in [1.807, 2.05) is 0 Å². The highest BCUT2D eigenvalue weighted by Gasteiger charge is 1.96. The van der Waals surface area contributed by atoms with Gasteiger partial charge in [0.1, 0.15) is 12.4 Å². The Morgan fingerprint density at radius 1 is 0.947 bits per heavy atom. The van der Waals surface area contributed by atoms with Crippen molar-refractivity contribution in [3.63, 3.8) is 0 Å². The van der Waals surface area contributed by atoms with Gasteiger partial charge in [-0.15, -0.1) is 0 Å². The molecule has 0 saturated heterocycles. The average Bonchev–Trinajstić information content (AvgIpc) is 2.45. The van der Waals surface area contributed by atoms with Crippen LogP contribution in [0.15, 0.2) is 36.9 Å². The molecule has 0 aromatic heterocycles. The van der Waals surface area contributed by atoms with Gasteiger partial charge >= 0.3 is 0 Å². The van der Waals surface area contributed by atoms with Crippen molar-refractivity contribution < 1.29 is 4.74 Å². The van der Waals surface area contributed by atoms with E-state index in [2.05, 4.69) is 37.8 Å². The third-order valence-corrected chi connectivity index (χ3v) is 3.36. The van der Waals surface area contributed by atoms with Crippen molar-refractivity contribution in [2.45, 2.75) is 58.3 Å². The van der Waals surface area contributed by atoms with Crippen LogP contribution in [0.4, 0.5) is 0 Å². The van der Waals surface area contributed by atoms with Gasteiger partial charge in [0.2, 0.25) is 0 Å². The molecule has 1 rings (SSSR count). The van der Waals surface area contributed by atoms with Gasteiger partial charge in [-0.25, -0.2) is 0 Å². The molecule has 0 aliphatic carbocycles. The summed E-state index contributed by atoms with van der Waals surface area (Å²) < 4.78 is 5.47. The van der Waals surface area contributed by atoms with E-state index >= 15 is 0 Å². The number of hydrogen-bond acceptors (Lipinski definition) is 1. The Balaban J connectivity index is 2.10. The third kappa shape index (κ3) is 7.71. The molecule has 0 radical (unpaired) electrons. The molecule has 0 unspecified atom stereocenters. The van der Waals surface area contributed by atoms with Gasteiger partial charge < -0.3 is 4.74 Å². The summed E-state index contributed by atoms with van der Waals surface area (Å²) in [7, 11) is 0. The van der Waals surface area contributed by atoms with Crippen molar-refractivity contribution in [3.8, 4) is 5.75 Å². The molecule has 1 aromatic rings.